The van der Waals surface area contributed by atoms with Gasteiger partial charge in [0.25, 0.3) is 0 Å². The zero-order chi connectivity index (χ0) is 14.5. The van der Waals surface area contributed by atoms with Crippen molar-refractivity contribution in [2.45, 2.75) is 32.9 Å². The monoisotopic (exact) mass is 278 g/mol. The Kier molecular flexibility index (Phi) is 4.95. The van der Waals surface area contributed by atoms with Gasteiger partial charge in [0, 0.05) is 25.4 Å². The molecule has 0 aliphatic carbocycles. The number of hydrogen-bond donors (Lipinski definition) is 1. The standard InChI is InChI=1S/C15H22N2O3/c1-10(2)12-6-7-20-14(12)15(18)17-9-11-4-5-13(19-3)16-8-11/h4-5,8,10,12,14H,6-7,9H2,1-3H3,(H,17,18)/t12-,14-/m1/s1. The molecule has 1 fully saturated rings. The van der Waals surface area contributed by atoms with E-state index in [1.165, 1.54) is 0 Å². The van der Waals surface area contributed by atoms with Gasteiger partial charge in [0.05, 0.1) is 7.11 Å². The van der Waals surface area contributed by atoms with Crippen molar-refractivity contribution in [3.63, 3.8) is 0 Å². The highest BCUT2D eigenvalue weighted by atomic mass is 16.5. The molecule has 2 rings (SSSR count). The molecule has 0 radical (unpaired) electrons. The summed E-state index contributed by atoms with van der Waals surface area (Å²) in [6, 6.07) is 3.67. The second kappa shape index (κ2) is 6.70. The van der Waals surface area contributed by atoms with Gasteiger partial charge in [0.15, 0.2) is 0 Å². The second-order valence-corrected chi connectivity index (χ2v) is 5.41. The number of carbonyl (C=O) groups excluding carboxylic acids is 1. The Morgan fingerprint density at radius 1 is 1.55 bits per heavy atom. The van der Waals surface area contributed by atoms with Crippen LogP contribution in [0.1, 0.15) is 25.8 Å². The third-order valence-corrected chi connectivity index (χ3v) is 3.73. The fraction of sp³-hybridized carbons (Fsp3) is 0.600. The normalized spacial score (nSPS) is 22.0. The van der Waals surface area contributed by atoms with E-state index >= 15 is 0 Å². The summed E-state index contributed by atoms with van der Waals surface area (Å²) in [5.41, 5.74) is 0.943. The third-order valence-electron chi connectivity index (χ3n) is 3.73. The van der Waals surface area contributed by atoms with Crippen molar-refractivity contribution in [2.75, 3.05) is 13.7 Å². The van der Waals surface area contributed by atoms with Gasteiger partial charge in [-0.05, 0) is 23.8 Å². The topological polar surface area (TPSA) is 60.5 Å². The van der Waals surface area contributed by atoms with Crippen LogP contribution in [-0.4, -0.2) is 30.7 Å². The predicted molar refractivity (Wildman–Crippen MR) is 75.3 cm³/mol. The van der Waals surface area contributed by atoms with E-state index in [9.17, 15) is 4.79 Å². The molecule has 0 aromatic carbocycles. The molecule has 5 nitrogen and oxygen atoms in total. The number of methoxy groups -OCH3 is 1. The summed E-state index contributed by atoms with van der Waals surface area (Å²) in [5.74, 6) is 1.30. The van der Waals surface area contributed by atoms with Gasteiger partial charge in [0.1, 0.15) is 6.10 Å². The molecule has 1 saturated heterocycles. The molecule has 2 heterocycles. The van der Waals surface area contributed by atoms with Crippen molar-refractivity contribution in [3.05, 3.63) is 23.9 Å². The number of ether oxygens (including phenoxy) is 2. The SMILES string of the molecule is COc1ccc(CNC(=O)[C@@H]2OCC[C@@H]2C(C)C)cn1. The molecule has 0 saturated carbocycles. The zero-order valence-electron chi connectivity index (χ0n) is 12.3. The number of rotatable bonds is 5. The maximum atomic E-state index is 12.2. The number of nitrogens with one attached hydrogen (secondary N) is 1. The Morgan fingerprint density at radius 3 is 2.95 bits per heavy atom. The maximum Gasteiger partial charge on any atom is 0.249 e. The molecule has 1 aromatic heterocycles. The predicted octanol–water partition coefficient (Wildman–Crippen LogP) is 1.77. The molecule has 0 bridgehead atoms. The van der Waals surface area contributed by atoms with Gasteiger partial charge in [-0.25, -0.2) is 4.98 Å². The summed E-state index contributed by atoms with van der Waals surface area (Å²) in [5, 5.41) is 2.92. The average molecular weight is 278 g/mol. The van der Waals surface area contributed by atoms with E-state index in [0.717, 1.165) is 12.0 Å². The molecule has 1 N–H and O–H groups in total. The molecule has 1 amide bonds. The van der Waals surface area contributed by atoms with E-state index in [1.807, 2.05) is 6.07 Å². The number of nitrogens with zero attached hydrogens (tertiary/aromatic N) is 1. The first-order valence-corrected chi connectivity index (χ1v) is 7.00. The van der Waals surface area contributed by atoms with E-state index < -0.39 is 0 Å². The van der Waals surface area contributed by atoms with Crippen LogP contribution in [0.3, 0.4) is 0 Å². The smallest absolute Gasteiger partial charge is 0.249 e. The van der Waals surface area contributed by atoms with Gasteiger partial charge >= 0.3 is 0 Å². The molecule has 0 unspecified atom stereocenters. The second-order valence-electron chi connectivity index (χ2n) is 5.41. The first-order chi connectivity index (χ1) is 9.61. The van der Waals surface area contributed by atoms with E-state index in [1.54, 1.807) is 19.4 Å². The lowest BCUT2D eigenvalue weighted by Crippen LogP contribution is -2.39. The van der Waals surface area contributed by atoms with Gasteiger partial charge in [-0.2, -0.15) is 0 Å². The quantitative estimate of drug-likeness (QED) is 0.891. The molecule has 20 heavy (non-hydrogen) atoms. The fourth-order valence-corrected chi connectivity index (χ4v) is 2.49. The Hall–Kier alpha value is -1.62. The van der Waals surface area contributed by atoms with Crippen LogP contribution in [-0.2, 0) is 16.1 Å². The van der Waals surface area contributed by atoms with Crippen LogP contribution in [0.2, 0.25) is 0 Å². The average Bonchev–Trinajstić information content (AvgIpc) is 2.95. The zero-order valence-corrected chi connectivity index (χ0v) is 12.3. The van der Waals surface area contributed by atoms with Gasteiger partial charge in [-0.1, -0.05) is 19.9 Å². The molecule has 1 aromatic rings. The van der Waals surface area contributed by atoms with Crippen molar-refractivity contribution in [1.82, 2.24) is 10.3 Å². The minimum Gasteiger partial charge on any atom is -0.481 e. The van der Waals surface area contributed by atoms with E-state index in [-0.39, 0.29) is 12.0 Å². The van der Waals surface area contributed by atoms with Gasteiger partial charge in [-0.15, -0.1) is 0 Å². The van der Waals surface area contributed by atoms with Crippen molar-refractivity contribution in [1.29, 1.82) is 0 Å². The van der Waals surface area contributed by atoms with Crippen LogP contribution < -0.4 is 10.1 Å². The van der Waals surface area contributed by atoms with Crippen molar-refractivity contribution in [3.8, 4) is 5.88 Å². The fourth-order valence-electron chi connectivity index (χ4n) is 2.49. The lowest BCUT2D eigenvalue weighted by atomic mass is 9.89. The summed E-state index contributed by atoms with van der Waals surface area (Å²) in [7, 11) is 1.58. The third kappa shape index (κ3) is 3.48. The highest BCUT2D eigenvalue weighted by Gasteiger charge is 2.35. The molecular weight excluding hydrogens is 256 g/mol. The molecule has 5 heteroatoms. The minimum absolute atomic E-state index is 0.0305. The number of aromatic nitrogens is 1. The molecule has 0 spiro atoms. The highest BCUT2D eigenvalue weighted by Crippen LogP contribution is 2.28. The largest absolute Gasteiger partial charge is 0.481 e. The van der Waals surface area contributed by atoms with Crippen LogP contribution in [0.25, 0.3) is 0 Å². The van der Waals surface area contributed by atoms with Crippen LogP contribution in [0, 0.1) is 11.8 Å². The van der Waals surface area contributed by atoms with Gasteiger partial charge in [-0.3, -0.25) is 4.79 Å². The molecule has 1 aliphatic heterocycles. The number of pyridine rings is 1. The van der Waals surface area contributed by atoms with Crippen molar-refractivity contribution in [2.24, 2.45) is 11.8 Å². The molecule has 110 valence electrons. The molecule has 2 atom stereocenters. The van der Waals surface area contributed by atoms with Gasteiger partial charge < -0.3 is 14.8 Å². The Balaban J connectivity index is 1.88. The van der Waals surface area contributed by atoms with E-state index in [2.05, 4.69) is 24.1 Å². The summed E-state index contributed by atoms with van der Waals surface area (Å²) in [4.78, 5) is 16.3. The molecular formula is C15H22N2O3. The Morgan fingerprint density at radius 2 is 2.35 bits per heavy atom. The summed E-state index contributed by atoms with van der Waals surface area (Å²) in [6.45, 7) is 5.39. The van der Waals surface area contributed by atoms with Crippen LogP contribution in [0.15, 0.2) is 18.3 Å². The minimum atomic E-state index is -0.318. The van der Waals surface area contributed by atoms with E-state index in [4.69, 9.17) is 9.47 Å². The summed E-state index contributed by atoms with van der Waals surface area (Å²) < 4.78 is 10.6. The Bertz CT molecular complexity index is 445. The van der Waals surface area contributed by atoms with Crippen molar-refractivity contribution < 1.29 is 14.3 Å². The number of hydrogen-bond acceptors (Lipinski definition) is 4. The van der Waals surface area contributed by atoms with Crippen LogP contribution in [0.5, 0.6) is 5.88 Å². The summed E-state index contributed by atoms with van der Waals surface area (Å²) in [6.07, 6.45) is 2.34. The summed E-state index contributed by atoms with van der Waals surface area (Å²) >= 11 is 0. The maximum absolute atomic E-state index is 12.2. The highest BCUT2D eigenvalue weighted by molar-refractivity contribution is 5.81. The van der Waals surface area contributed by atoms with Gasteiger partial charge in [0.2, 0.25) is 11.8 Å². The van der Waals surface area contributed by atoms with Crippen LogP contribution in [0.4, 0.5) is 0 Å². The number of amides is 1. The first kappa shape index (κ1) is 14.8. The lowest BCUT2D eigenvalue weighted by Gasteiger charge is -2.21. The first-order valence-electron chi connectivity index (χ1n) is 7.00. The van der Waals surface area contributed by atoms with Crippen LogP contribution >= 0.6 is 0 Å². The van der Waals surface area contributed by atoms with Crippen molar-refractivity contribution >= 4 is 5.91 Å². The molecule has 1 aliphatic rings. The Labute approximate surface area is 119 Å². The number of carbonyl (C=O) groups is 1. The lowest BCUT2D eigenvalue weighted by molar-refractivity contribution is -0.132. The van der Waals surface area contributed by atoms with E-state index in [0.29, 0.717) is 30.9 Å².